The summed E-state index contributed by atoms with van der Waals surface area (Å²) in [5.74, 6) is 0.490. The topological polar surface area (TPSA) is 94.8 Å². The van der Waals surface area contributed by atoms with Crippen LogP contribution in [0.25, 0.3) is 16.9 Å². The standard InChI is InChI=1S/C23H21N5O3/c1-15(2)27-22(29)20-21(28(23(27)30)18-10-6-7-11-19(18)31-3)25-14-26(20)13-17-9-5-4-8-16(17)12-24/h4-11,14-15H,13H2,1-3H3. The number of fused-ring (bicyclic) bond motifs is 1. The Hall–Kier alpha value is -4.12. The van der Waals surface area contributed by atoms with E-state index in [0.29, 0.717) is 17.0 Å². The molecule has 0 saturated carbocycles. The second-order valence-corrected chi connectivity index (χ2v) is 7.37. The number of hydrogen-bond donors (Lipinski definition) is 0. The fourth-order valence-corrected chi connectivity index (χ4v) is 3.71. The van der Waals surface area contributed by atoms with E-state index in [2.05, 4.69) is 11.1 Å². The maximum Gasteiger partial charge on any atom is 0.337 e. The molecule has 0 spiro atoms. The summed E-state index contributed by atoms with van der Waals surface area (Å²) in [4.78, 5) is 31.1. The summed E-state index contributed by atoms with van der Waals surface area (Å²) in [6.07, 6.45) is 1.52. The number of nitriles is 1. The summed E-state index contributed by atoms with van der Waals surface area (Å²) < 4.78 is 9.74. The molecule has 0 radical (unpaired) electrons. The van der Waals surface area contributed by atoms with Crippen LogP contribution < -0.4 is 16.0 Å². The highest BCUT2D eigenvalue weighted by molar-refractivity contribution is 5.73. The summed E-state index contributed by atoms with van der Waals surface area (Å²) >= 11 is 0. The molecule has 0 aliphatic heterocycles. The van der Waals surface area contributed by atoms with Gasteiger partial charge in [0.15, 0.2) is 11.2 Å². The van der Waals surface area contributed by atoms with Gasteiger partial charge in [0.2, 0.25) is 0 Å². The van der Waals surface area contributed by atoms with E-state index in [0.717, 1.165) is 5.56 Å². The summed E-state index contributed by atoms with van der Waals surface area (Å²) in [6.45, 7) is 3.84. The zero-order valence-corrected chi connectivity index (χ0v) is 17.4. The van der Waals surface area contributed by atoms with Crippen molar-refractivity contribution < 1.29 is 4.74 Å². The lowest BCUT2D eigenvalue weighted by molar-refractivity contribution is 0.412. The molecule has 31 heavy (non-hydrogen) atoms. The van der Waals surface area contributed by atoms with Gasteiger partial charge in [-0.05, 0) is 37.6 Å². The zero-order chi connectivity index (χ0) is 22.1. The number of benzene rings is 2. The number of imidazole rings is 1. The Bertz CT molecular complexity index is 1440. The molecule has 8 nitrogen and oxygen atoms in total. The highest BCUT2D eigenvalue weighted by Crippen LogP contribution is 2.24. The van der Waals surface area contributed by atoms with Crippen molar-refractivity contribution in [1.82, 2.24) is 18.7 Å². The Morgan fingerprint density at radius 2 is 1.81 bits per heavy atom. The van der Waals surface area contributed by atoms with Gasteiger partial charge in [0.25, 0.3) is 5.56 Å². The Morgan fingerprint density at radius 1 is 1.10 bits per heavy atom. The highest BCUT2D eigenvalue weighted by atomic mass is 16.5. The van der Waals surface area contributed by atoms with Gasteiger partial charge in [0.05, 0.1) is 37.3 Å². The van der Waals surface area contributed by atoms with Crippen LogP contribution in [0.3, 0.4) is 0 Å². The van der Waals surface area contributed by atoms with Crippen molar-refractivity contribution in [1.29, 1.82) is 5.26 Å². The van der Waals surface area contributed by atoms with Gasteiger partial charge in [-0.3, -0.25) is 9.36 Å². The number of nitrogens with zero attached hydrogens (tertiary/aromatic N) is 5. The van der Waals surface area contributed by atoms with Crippen molar-refractivity contribution in [2.24, 2.45) is 0 Å². The van der Waals surface area contributed by atoms with E-state index in [1.165, 1.54) is 22.6 Å². The quantitative estimate of drug-likeness (QED) is 0.500. The third-order valence-electron chi connectivity index (χ3n) is 5.17. The van der Waals surface area contributed by atoms with E-state index in [1.807, 2.05) is 12.1 Å². The van der Waals surface area contributed by atoms with E-state index in [4.69, 9.17) is 4.74 Å². The largest absolute Gasteiger partial charge is 0.495 e. The summed E-state index contributed by atoms with van der Waals surface area (Å²) in [5.41, 5.74) is 1.39. The van der Waals surface area contributed by atoms with Crippen molar-refractivity contribution in [3.05, 3.63) is 86.8 Å². The monoisotopic (exact) mass is 415 g/mol. The van der Waals surface area contributed by atoms with Gasteiger partial charge in [-0.2, -0.15) is 5.26 Å². The van der Waals surface area contributed by atoms with Crippen LogP contribution in [-0.4, -0.2) is 25.8 Å². The minimum Gasteiger partial charge on any atom is -0.495 e. The van der Waals surface area contributed by atoms with E-state index in [1.54, 1.807) is 54.8 Å². The number of methoxy groups -OCH3 is 1. The van der Waals surface area contributed by atoms with Gasteiger partial charge >= 0.3 is 5.69 Å². The van der Waals surface area contributed by atoms with Crippen LogP contribution in [0.5, 0.6) is 5.75 Å². The number of aromatic nitrogens is 4. The molecule has 0 aliphatic carbocycles. The van der Waals surface area contributed by atoms with E-state index in [-0.39, 0.29) is 23.8 Å². The van der Waals surface area contributed by atoms with E-state index in [9.17, 15) is 14.9 Å². The molecule has 0 aliphatic rings. The third-order valence-corrected chi connectivity index (χ3v) is 5.17. The SMILES string of the molecule is COc1ccccc1-n1c(=O)n(C(C)C)c(=O)c2c1ncn2Cc1ccccc1C#N. The molecule has 0 unspecified atom stereocenters. The molecule has 0 atom stereocenters. The molecule has 2 aromatic carbocycles. The highest BCUT2D eigenvalue weighted by Gasteiger charge is 2.22. The first-order chi connectivity index (χ1) is 15.0. The Kier molecular flexibility index (Phi) is 5.17. The predicted molar refractivity (Wildman–Crippen MR) is 117 cm³/mol. The molecule has 0 N–H and O–H groups in total. The molecule has 8 heteroatoms. The van der Waals surface area contributed by atoms with Crippen LogP contribution in [-0.2, 0) is 6.54 Å². The third kappa shape index (κ3) is 3.30. The van der Waals surface area contributed by atoms with Gasteiger partial charge < -0.3 is 9.30 Å². The molecular weight excluding hydrogens is 394 g/mol. The molecule has 2 heterocycles. The van der Waals surface area contributed by atoms with Gasteiger partial charge in [-0.25, -0.2) is 14.3 Å². The summed E-state index contributed by atoms with van der Waals surface area (Å²) in [6, 6.07) is 16.1. The average Bonchev–Trinajstić information content (AvgIpc) is 3.18. The van der Waals surface area contributed by atoms with Gasteiger partial charge in [0, 0.05) is 6.04 Å². The first kappa shape index (κ1) is 20.2. The number of para-hydroxylation sites is 2. The van der Waals surface area contributed by atoms with Crippen molar-refractivity contribution in [3.8, 4) is 17.5 Å². The van der Waals surface area contributed by atoms with Crippen LogP contribution in [0, 0.1) is 11.3 Å². The lowest BCUT2D eigenvalue weighted by Gasteiger charge is -2.16. The van der Waals surface area contributed by atoms with Crippen LogP contribution in [0.1, 0.15) is 31.0 Å². The first-order valence-corrected chi connectivity index (χ1v) is 9.81. The molecule has 0 amide bonds. The molecular formula is C23H21N5O3. The number of hydrogen-bond acceptors (Lipinski definition) is 5. The maximum atomic E-state index is 13.4. The second-order valence-electron chi connectivity index (χ2n) is 7.37. The molecule has 0 bridgehead atoms. The van der Waals surface area contributed by atoms with Gasteiger partial charge in [0.1, 0.15) is 5.75 Å². The maximum absolute atomic E-state index is 13.4. The number of ether oxygens (including phenoxy) is 1. The lowest BCUT2D eigenvalue weighted by Crippen LogP contribution is -2.41. The predicted octanol–water partition coefficient (Wildman–Crippen LogP) is 2.86. The van der Waals surface area contributed by atoms with Crippen molar-refractivity contribution in [3.63, 3.8) is 0 Å². The fourth-order valence-electron chi connectivity index (χ4n) is 3.71. The van der Waals surface area contributed by atoms with Crippen LogP contribution in [0.4, 0.5) is 0 Å². The lowest BCUT2D eigenvalue weighted by atomic mass is 10.1. The van der Waals surface area contributed by atoms with Crippen molar-refractivity contribution in [2.45, 2.75) is 26.4 Å². The Morgan fingerprint density at radius 3 is 2.52 bits per heavy atom. The minimum absolute atomic E-state index is 0.242. The summed E-state index contributed by atoms with van der Waals surface area (Å²) in [7, 11) is 1.52. The van der Waals surface area contributed by atoms with Gasteiger partial charge in [-0.1, -0.05) is 30.3 Å². The smallest absolute Gasteiger partial charge is 0.337 e. The Labute approximate surface area is 178 Å². The average molecular weight is 415 g/mol. The first-order valence-electron chi connectivity index (χ1n) is 9.81. The van der Waals surface area contributed by atoms with Gasteiger partial charge in [-0.15, -0.1) is 0 Å². The number of rotatable bonds is 5. The molecule has 0 saturated heterocycles. The minimum atomic E-state index is -0.486. The molecule has 2 aromatic heterocycles. The van der Waals surface area contributed by atoms with Crippen LogP contribution >= 0.6 is 0 Å². The molecule has 4 rings (SSSR count). The van der Waals surface area contributed by atoms with E-state index < -0.39 is 11.2 Å². The van der Waals surface area contributed by atoms with Crippen molar-refractivity contribution >= 4 is 11.2 Å². The molecule has 156 valence electrons. The summed E-state index contributed by atoms with van der Waals surface area (Å²) in [5, 5.41) is 9.42. The normalized spacial score (nSPS) is 11.1. The molecule has 4 aromatic rings. The van der Waals surface area contributed by atoms with Crippen molar-refractivity contribution in [2.75, 3.05) is 7.11 Å². The second kappa shape index (κ2) is 7.95. The van der Waals surface area contributed by atoms with E-state index >= 15 is 0 Å². The van der Waals surface area contributed by atoms with Crippen LogP contribution in [0.15, 0.2) is 64.4 Å². The zero-order valence-electron chi connectivity index (χ0n) is 17.4. The molecule has 0 fully saturated rings. The Balaban J connectivity index is 2.06. The van der Waals surface area contributed by atoms with Crippen LogP contribution in [0.2, 0.25) is 0 Å². The fraction of sp³-hybridized carbons (Fsp3) is 0.217.